The van der Waals surface area contributed by atoms with E-state index in [9.17, 15) is 5.11 Å². The minimum absolute atomic E-state index is 0.213. The van der Waals surface area contributed by atoms with Gasteiger partial charge in [0.15, 0.2) is 11.5 Å². The van der Waals surface area contributed by atoms with E-state index in [0.29, 0.717) is 0 Å². The number of fused-ring (bicyclic) bond motifs is 1. The monoisotopic (exact) mass is 206 g/mol. The molecule has 0 radical (unpaired) electrons. The van der Waals surface area contributed by atoms with Crippen LogP contribution in [-0.4, -0.2) is 26.2 Å². The fraction of sp³-hybridized carbons (Fsp3) is 0.400. The van der Waals surface area contributed by atoms with Gasteiger partial charge in [-0.1, -0.05) is 6.92 Å². The average Bonchev–Trinajstić information content (AvgIpc) is 2.69. The summed E-state index contributed by atoms with van der Waals surface area (Å²) >= 11 is 0. The lowest BCUT2D eigenvalue weighted by Crippen LogP contribution is -2.11. The number of hydrogen-bond donors (Lipinski definition) is 2. The molecular weight excluding hydrogens is 192 g/mol. The number of aryl methyl sites for hydroxylation is 1. The number of rotatable bonds is 3. The Kier molecular flexibility index (Phi) is 2.66. The molecule has 2 rings (SSSR count). The molecule has 0 aromatic carbocycles. The van der Waals surface area contributed by atoms with Gasteiger partial charge in [0.1, 0.15) is 0 Å². The van der Waals surface area contributed by atoms with E-state index >= 15 is 0 Å². The molecule has 2 aromatic heterocycles. The van der Waals surface area contributed by atoms with Crippen LogP contribution in [0.5, 0.6) is 0 Å². The first-order chi connectivity index (χ1) is 7.24. The van der Waals surface area contributed by atoms with Crippen LogP contribution in [0.4, 0.5) is 0 Å². The van der Waals surface area contributed by atoms with Gasteiger partial charge < -0.3 is 10.8 Å². The molecule has 0 aliphatic heterocycles. The third kappa shape index (κ3) is 1.84. The lowest BCUT2D eigenvalue weighted by molar-refractivity contribution is 0.186. The van der Waals surface area contributed by atoms with E-state index in [4.69, 9.17) is 5.73 Å². The molecular formula is C10H14N4O. The zero-order valence-electron chi connectivity index (χ0n) is 8.59. The molecule has 5 heteroatoms. The molecule has 2 heterocycles. The third-order valence-electron chi connectivity index (χ3n) is 2.33. The van der Waals surface area contributed by atoms with Crippen molar-refractivity contribution in [1.29, 1.82) is 0 Å². The summed E-state index contributed by atoms with van der Waals surface area (Å²) in [6, 6.07) is 3.61. The van der Waals surface area contributed by atoms with Gasteiger partial charge in [-0.25, -0.2) is 9.50 Å². The summed E-state index contributed by atoms with van der Waals surface area (Å²) in [6.07, 6.45) is 1.96. The molecule has 0 amide bonds. The lowest BCUT2D eigenvalue weighted by atomic mass is 10.1. The maximum atomic E-state index is 9.57. The second-order valence-electron chi connectivity index (χ2n) is 3.40. The summed E-state index contributed by atoms with van der Waals surface area (Å²) in [7, 11) is 0. The molecule has 80 valence electrons. The quantitative estimate of drug-likeness (QED) is 0.756. The van der Waals surface area contributed by atoms with Crippen molar-refractivity contribution in [2.75, 3.05) is 6.54 Å². The fourth-order valence-electron chi connectivity index (χ4n) is 1.44. The van der Waals surface area contributed by atoms with Gasteiger partial charge in [0, 0.05) is 19.2 Å². The van der Waals surface area contributed by atoms with Crippen LogP contribution in [0, 0.1) is 0 Å². The van der Waals surface area contributed by atoms with E-state index in [0.717, 1.165) is 23.5 Å². The number of aliphatic hydroxyl groups excluding tert-OH is 1. The van der Waals surface area contributed by atoms with Crippen LogP contribution in [0.3, 0.4) is 0 Å². The van der Waals surface area contributed by atoms with Crippen LogP contribution in [0.2, 0.25) is 0 Å². The summed E-state index contributed by atoms with van der Waals surface area (Å²) in [4.78, 5) is 4.31. The Morgan fingerprint density at radius 1 is 1.60 bits per heavy atom. The molecule has 0 saturated carbocycles. The van der Waals surface area contributed by atoms with Gasteiger partial charge in [-0.05, 0) is 17.7 Å². The highest BCUT2D eigenvalue weighted by Gasteiger charge is 2.07. The number of aliphatic hydroxyl groups is 1. The Hall–Kier alpha value is -1.46. The van der Waals surface area contributed by atoms with E-state index in [1.165, 1.54) is 0 Å². The van der Waals surface area contributed by atoms with Crippen LogP contribution in [0.15, 0.2) is 18.3 Å². The molecule has 3 N–H and O–H groups in total. The van der Waals surface area contributed by atoms with Crippen molar-refractivity contribution >= 4 is 5.65 Å². The predicted molar refractivity (Wildman–Crippen MR) is 56.4 cm³/mol. The molecule has 15 heavy (non-hydrogen) atoms. The molecule has 0 spiro atoms. The fourth-order valence-corrected chi connectivity index (χ4v) is 1.44. The Morgan fingerprint density at radius 3 is 3.07 bits per heavy atom. The summed E-state index contributed by atoms with van der Waals surface area (Å²) in [5.74, 6) is 0.800. The van der Waals surface area contributed by atoms with Crippen molar-refractivity contribution in [3.05, 3.63) is 29.7 Å². The smallest absolute Gasteiger partial charge is 0.155 e. The van der Waals surface area contributed by atoms with Crippen molar-refractivity contribution in [2.45, 2.75) is 19.4 Å². The van der Waals surface area contributed by atoms with Crippen molar-refractivity contribution in [2.24, 2.45) is 5.73 Å². The van der Waals surface area contributed by atoms with E-state index in [1.54, 1.807) is 16.8 Å². The van der Waals surface area contributed by atoms with E-state index in [-0.39, 0.29) is 6.54 Å². The lowest BCUT2D eigenvalue weighted by Gasteiger charge is -2.06. The first kappa shape index (κ1) is 10.1. The van der Waals surface area contributed by atoms with Crippen molar-refractivity contribution in [3.63, 3.8) is 0 Å². The third-order valence-corrected chi connectivity index (χ3v) is 2.33. The molecule has 0 fully saturated rings. The van der Waals surface area contributed by atoms with Gasteiger partial charge in [-0.3, -0.25) is 0 Å². The zero-order valence-corrected chi connectivity index (χ0v) is 8.59. The highest BCUT2D eigenvalue weighted by molar-refractivity contribution is 5.41. The SMILES string of the molecule is CCc1nc2cc(C(O)CN)ccn2n1. The molecule has 0 saturated heterocycles. The molecule has 5 nitrogen and oxygen atoms in total. The number of nitrogens with two attached hydrogens (primary N) is 1. The normalized spacial score (nSPS) is 13.3. The zero-order chi connectivity index (χ0) is 10.8. The Morgan fingerprint density at radius 2 is 2.40 bits per heavy atom. The highest BCUT2D eigenvalue weighted by atomic mass is 16.3. The van der Waals surface area contributed by atoms with E-state index < -0.39 is 6.10 Å². The number of hydrogen-bond acceptors (Lipinski definition) is 4. The molecule has 1 unspecified atom stereocenters. The van der Waals surface area contributed by atoms with Crippen molar-refractivity contribution in [1.82, 2.24) is 14.6 Å². The van der Waals surface area contributed by atoms with Gasteiger partial charge in [0.25, 0.3) is 0 Å². The van der Waals surface area contributed by atoms with Crippen molar-refractivity contribution in [3.8, 4) is 0 Å². The highest BCUT2D eigenvalue weighted by Crippen LogP contribution is 2.13. The summed E-state index contributed by atoms with van der Waals surface area (Å²) in [5, 5.41) is 13.8. The largest absolute Gasteiger partial charge is 0.387 e. The minimum Gasteiger partial charge on any atom is -0.387 e. The summed E-state index contributed by atoms with van der Waals surface area (Å²) in [6.45, 7) is 2.22. The Labute approximate surface area is 87.6 Å². The maximum absolute atomic E-state index is 9.57. The summed E-state index contributed by atoms with van der Waals surface area (Å²) in [5.41, 5.74) is 6.91. The molecule has 2 aromatic rings. The number of nitrogens with zero attached hydrogens (tertiary/aromatic N) is 3. The Bertz CT molecular complexity index is 465. The average molecular weight is 206 g/mol. The standard InChI is InChI=1S/C10H14N4O/c1-2-9-12-10-5-7(8(15)6-11)3-4-14(10)13-9/h3-5,8,15H,2,6,11H2,1H3. The second-order valence-corrected chi connectivity index (χ2v) is 3.40. The van der Waals surface area contributed by atoms with Crippen LogP contribution in [0.1, 0.15) is 24.4 Å². The second kappa shape index (κ2) is 3.96. The molecule has 0 aliphatic rings. The molecule has 1 atom stereocenters. The minimum atomic E-state index is -0.628. The number of pyridine rings is 1. The van der Waals surface area contributed by atoms with Gasteiger partial charge in [0.2, 0.25) is 0 Å². The summed E-state index contributed by atoms with van der Waals surface area (Å²) < 4.78 is 1.70. The maximum Gasteiger partial charge on any atom is 0.155 e. The van der Waals surface area contributed by atoms with Crippen LogP contribution in [-0.2, 0) is 6.42 Å². The van der Waals surface area contributed by atoms with Crippen LogP contribution in [0.25, 0.3) is 5.65 Å². The van der Waals surface area contributed by atoms with Crippen molar-refractivity contribution < 1.29 is 5.11 Å². The molecule has 0 aliphatic carbocycles. The topological polar surface area (TPSA) is 76.4 Å². The predicted octanol–water partition coefficient (Wildman–Crippen LogP) is 0.284. The van der Waals surface area contributed by atoms with Gasteiger partial charge in [0.05, 0.1) is 6.10 Å². The first-order valence-electron chi connectivity index (χ1n) is 4.98. The first-order valence-corrected chi connectivity index (χ1v) is 4.98. The van der Waals surface area contributed by atoms with E-state index in [2.05, 4.69) is 10.1 Å². The van der Waals surface area contributed by atoms with Gasteiger partial charge >= 0.3 is 0 Å². The molecule has 0 bridgehead atoms. The number of aromatic nitrogens is 3. The Balaban J connectivity index is 2.45. The van der Waals surface area contributed by atoms with Crippen LogP contribution < -0.4 is 5.73 Å². The van der Waals surface area contributed by atoms with E-state index in [1.807, 2.05) is 13.0 Å². The van der Waals surface area contributed by atoms with Crippen LogP contribution >= 0.6 is 0 Å². The van der Waals surface area contributed by atoms with Gasteiger partial charge in [-0.2, -0.15) is 5.10 Å². The van der Waals surface area contributed by atoms with Gasteiger partial charge in [-0.15, -0.1) is 0 Å².